The molecule has 1 N–H and O–H groups in total. The van der Waals surface area contributed by atoms with Crippen LogP contribution in [0.2, 0.25) is 0 Å². The third-order valence-corrected chi connectivity index (χ3v) is 2.79. The van der Waals surface area contributed by atoms with E-state index in [2.05, 4.69) is 11.9 Å². The van der Waals surface area contributed by atoms with Crippen LogP contribution in [-0.2, 0) is 9.59 Å². The van der Waals surface area contributed by atoms with Crippen LogP contribution in [0.4, 0.5) is 0 Å². The molecule has 1 aliphatic rings. The van der Waals surface area contributed by atoms with Crippen molar-refractivity contribution < 1.29 is 9.59 Å². The van der Waals surface area contributed by atoms with Crippen LogP contribution in [0.15, 0.2) is 12.7 Å². The lowest BCUT2D eigenvalue weighted by Gasteiger charge is -2.36. The van der Waals surface area contributed by atoms with Crippen LogP contribution in [0, 0.1) is 5.92 Å². The van der Waals surface area contributed by atoms with Crippen molar-refractivity contribution in [2.24, 2.45) is 5.92 Å². The van der Waals surface area contributed by atoms with Crippen LogP contribution in [0.1, 0.15) is 20.3 Å². The Hall–Kier alpha value is -1.32. The first-order chi connectivity index (χ1) is 7.04. The predicted molar refractivity (Wildman–Crippen MR) is 58.2 cm³/mol. The Morgan fingerprint density at radius 1 is 1.47 bits per heavy atom. The van der Waals surface area contributed by atoms with Gasteiger partial charge in [0.05, 0.1) is 0 Å². The molecular weight excluding hydrogens is 192 g/mol. The number of piperidine rings is 1. The van der Waals surface area contributed by atoms with Crippen LogP contribution >= 0.6 is 0 Å². The molecule has 1 fully saturated rings. The molecule has 0 bridgehead atoms. The summed E-state index contributed by atoms with van der Waals surface area (Å²) in [5.41, 5.74) is 0. The molecule has 2 atom stereocenters. The highest BCUT2D eigenvalue weighted by molar-refractivity contribution is 5.74. The maximum Gasteiger partial charge on any atom is 0.219 e. The number of carbonyl (C=O) groups excluding carboxylic acids is 2. The van der Waals surface area contributed by atoms with Gasteiger partial charge >= 0.3 is 0 Å². The van der Waals surface area contributed by atoms with E-state index in [1.54, 1.807) is 11.8 Å². The van der Waals surface area contributed by atoms with Gasteiger partial charge in [-0.3, -0.25) is 9.59 Å². The van der Waals surface area contributed by atoms with Crippen LogP contribution in [0.5, 0.6) is 0 Å². The standard InChI is InChI=1S/C11H18N2O2/c1-4-10-7-13(9(3)15)6-5-11(10)12-8(2)14/h4,10-11H,1,5-7H2,2-3H3,(H,12,14). The van der Waals surface area contributed by atoms with E-state index in [-0.39, 0.29) is 23.8 Å². The highest BCUT2D eigenvalue weighted by Crippen LogP contribution is 2.18. The maximum atomic E-state index is 11.2. The van der Waals surface area contributed by atoms with Gasteiger partial charge in [0, 0.05) is 38.9 Å². The fourth-order valence-electron chi connectivity index (χ4n) is 1.95. The molecule has 1 heterocycles. The number of amides is 2. The molecule has 4 nitrogen and oxygen atoms in total. The van der Waals surface area contributed by atoms with E-state index >= 15 is 0 Å². The Labute approximate surface area is 90.3 Å². The Bertz CT molecular complexity index is 276. The lowest BCUT2D eigenvalue weighted by atomic mass is 9.92. The van der Waals surface area contributed by atoms with Gasteiger partial charge in [-0.1, -0.05) is 6.08 Å². The SMILES string of the molecule is C=CC1CN(C(C)=O)CCC1NC(C)=O. The van der Waals surface area contributed by atoms with Crippen molar-refractivity contribution in [3.8, 4) is 0 Å². The van der Waals surface area contributed by atoms with Gasteiger partial charge in [-0.15, -0.1) is 6.58 Å². The van der Waals surface area contributed by atoms with Crippen molar-refractivity contribution in [1.82, 2.24) is 10.2 Å². The molecule has 1 saturated heterocycles. The fourth-order valence-corrected chi connectivity index (χ4v) is 1.95. The minimum Gasteiger partial charge on any atom is -0.353 e. The third kappa shape index (κ3) is 3.08. The summed E-state index contributed by atoms with van der Waals surface area (Å²) in [4.78, 5) is 24.0. The van der Waals surface area contributed by atoms with Gasteiger partial charge in [-0.25, -0.2) is 0 Å². The summed E-state index contributed by atoms with van der Waals surface area (Å²) in [5.74, 6) is 0.220. The molecule has 0 aromatic rings. The highest BCUT2D eigenvalue weighted by atomic mass is 16.2. The molecule has 2 amide bonds. The Morgan fingerprint density at radius 3 is 2.60 bits per heavy atom. The van der Waals surface area contributed by atoms with Crippen LogP contribution in [0.25, 0.3) is 0 Å². The van der Waals surface area contributed by atoms with Gasteiger partial charge in [0.2, 0.25) is 11.8 Å². The first-order valence-corrected chi connectivity index (χ1v) is 5.19. The molecule has 1 rings (SSSR count). The first-order valence-electron chi connectivity index (χ1n) is 5.19. The average Bonchev–Trinajstić information content (AvgIpc) is 2.17. The normalized spacial score (nSPS) is 25.9. The number of carbonyl (C=O) groups is 2. The van der Waals surface area contributed by atoms with E-state index in [1.807, 2.05) is 6.08 Å². The zero-order valence-corrected chi connectivity index (χ0v) is 9.32. The minimum atomic E-state index is -0.0249. The van der Waals surface area contributed by atoms with Crippen LogP contribution < -0.4 is 5.32 Å². The van der Waals surface area contributed by atoms with Crippen molar-refractivity contribution in [3.05, 3.63) is 12.7 Å². The summed E-state index contributed by atoms with van der Waals surface area (Å²) < 4.78 is 0. The largest absolute Gasteiger partial charge is 0.353 e. The smallest absolute Gasteiger partial charge is 0.219 e. The summed E-state index contributed by atoms with van der Waals surface area (Å²) in [6.45, 7) is 8.20. The van der Waals surface area contributed by atoms with Crippen molar-refractivity contribution in [2.75, 3.05) is 13.1 Å². The van der Waals surface area contributed by atoms with Crippen molar-refractivity contribution >= 4 is 11.8 Å². The van der Waals surface area contributed by atoms with E-state index in [0.717, 1.165) is 6.42 Å². The quantitative estimate of drug-likeness (QED) is 0.676. The second kappa shape index (κ2) is 4.96. The number of hydrogen-bond donors (Lipinski definition) is 1. The summed E-state index contributed by atoms with van der Waals surface area (Å²) >= 11 is 0. The summed E-state index contributed by atoms with van der Waals surface area (Å²) in [6.07, 6.45) is 2.62. The number of nitrogens with one attached hydrogen (secondary N) is 1. The number of rotatable bonds is 2. The number of likely N-dealkylation sites (tertiary alicyclic amines) is 1. The van der Waals surface area contributed by atoms with E-state index < -0.39 is 0 Å². The second-order valence-electron chi connectivity index (χ2n) is 3.96. The molecule has 0 aromatic carbocycles. The Balaban J connectivity index is 2.60. The lowest BCUT2D eigenvalue weighted by Crippen LogP contribution is -2.51. The Kier molecular flexibility index (Phi) is 3.88. The number of hydrogen-bond acceptors (Lipinski definition) is 2. The van der Waals surface area contributed by atoms with Crippen molar-refractivity contribution in [3.63, 3.8) is 0 Å². The van der Waals surface area contributed by atoms with Gasteiger partial charge in [-0.2, -0.15) is 0 Å². The average molecular weight is 210 g/mol. The summed E-state index contributed by atoms with van der Waals surface area (Å²) in [7, 11) is 0. The molecule has 0 radical (unpaired) electrons. The molecule has 15 heavy (non-hydrogen) atoms. The molecule has 2 unspecified atom stereocenters. The third-order valence-electron chi connectivity index (χ3n) is 2.79. The van der Waals surface area contributed by atoms with Crippen LogP contribution in [0.3, 0.4) is 0 Å². The van der Waals surface area contributed by atoms with E-state index in [4.69, 9.17) is 0 Å². The van der Waals surface area contributed by atoms with E-state index in [1.165, 1.54) is 6.92 Å². The highest BCUT2D eigenvalue weighted by Gasteiger charge is 2.28. The topological polar surface area (TPSA) is 49.4 Å². The molecule has 0 saturated carbocycles. The van der Waals surface area contributed by atoms with Gasteiger partial charge in [0.15, 0.2) is 0 Å². The maximum absolute atomic E-state index is 11.2. The molecule has 4 heteroatoms. The molecule has 84 valence electrons. The predicted octanol–water partition coefficient (Wildman–Crippen LogP) is 0.545. The van der Waals surface area contributed by atoms with Crippen molar-refractivity contribution in [2.45, 2.75) is 26.3 Å². The monoisotopic (exact) mass is 210 g/mol. The summed E-state index contributed by atoms with van der Waals surface area (Å²) in [6, 6.07) is 0.121. The zero-order chi connectivity index (χ0) is 11.4. The van der Waals surface area contributed by atoms with Gasteiger partial charge in [0.1, 0.15) is 0 Å². The van der Waals surface area contributed by atoms with E-state index in [9.17, 15) is 9.59 Å². The Morgan fingerprint density at radius 2 is 2.13 bits per heavy atom. The minimum absolute atomic E-state index is 0.0249. The second-order valence-corrected chi connectivity index (χ2v) is 3.96. The zero-order valence-electron chi connectivity index (χ0n) is 9.32. The van der Waals surface area contributed by atoms with E-state index in [0.29, 0.717) is 13.1 Å². The van der Waals surface area contributed by atoms with Gasteiger partial charge < -0.3 is 10.2 Å². The number of nitrogens with zero attached hydrogens (tertiary/aromatic N) is 1. The fraction of sp³-hybridized carbons (Fsp3) is 0.636. The molecular formula is C11H18N2O2. The first kappa shape index (κ1) is 11.8. The summed E-state index contributed by atoms with van der Waals surface area (Å²) in [5, 5.41) is 2.89. The molecule has 0 aromatic heterocycles. The molecule has 1 aliphatic heterocycles. The lowest BCUT2D eigenvalue weighted by molar-refractivity contribution is -0.130. The van der Waals surface area contributed by atoms with Gasteiger partial charge in [0.25, 0.3) is 0 Å². The molecule has 0 spiro atoms. The van der Waals surface area contributed by atoms with Gasteiger partial charge in [-0.05, 0) is 6.42 Å². The van der Waals surface area contributed by atoms with Crippen molar-refractivity contribution in [1.29, 1.82) is 0 Å². The van der Waals surface area contributed by atoms with Crippen LogP contribution in [-0.4, -0.2) is 35.8 Å². The molecule has 0 aliphatic carbocycles.